The quantitative estimate of drug-likeness (QED) is 0.753. The van der Waals surface area contributed by atoms with Gasteiger partial charge in [0.1, 0.15) is 22.8 Å². The summed E-state index contributed by atoms with van der Waals surface area (Å²) in [4.78, 5) is 23.5. The van der Waals surface area contributed by atoms with Crippen molar-refractivity contribution >= 4 is 28.5 Å². The summed E-state index contributed by atoms with van der Waals surface area (Å²) < 4.78 is 16.5. The van der Waals surface area contributed by atoms with Gasteiger partial charge in [0, 0.05) is 11.1 Å². The molecule has 0 saturated carbocycles. The molecule has 25 heavy (non-hydrogen) atoms. The van der Waals surface area contributed by atoms with Gasteiger partial charge in [-0.3, -0.25) is 9.59 Å². The lowest BCUT2D eigenvalue weighted by atomic mass is 10.2. The van der Waals surface area contributed by atoms with Crippen LogP contribution >= 0.6 is 11.6 Å². The minimum Gasteiger partial charge on any atom is -0.484 e. The van der Waals surface area contributed by atoms with Gasteiger partial charge in [-0.25, -0.2) is 0 Å². The molecular formula is C18H14ClNO5. The van der Waals surface area contributed by atoms with Crippen LogP contribution in [0.25, 0.3) is 11.0 Å². The summed E-state index contributed by atoms with van der Waals surface area (Å²) in [5.74, 6) is 0.672. The molecule has 6 nitrogen and oxygen atoms in total. The monoisotopic (exact) mass is 359 g/mol. The Labute approximate surface area is 147 Å². The average molecular weight is 360 g/mol. The molecule has 1 heterocycles. The van der Waals surface area contributed by atoms with Crippen LogP contribution in [0.1, 0.15) is 5.76 Å². The Kier molecular flexibility index (Phi) is 4.63. The predicted molar refractivity (Wildman–Crippen MR) is 93.4 cm³/mol. The molecule has 0 aliphatic rings. The number of nitrogens with two attached hydrogens (primary N) is 1. The van der Waals surface area contributed by atoms with Gasteiger partial charge < -0.3 is 19.6 Å². The Hall–Kier alpha value is -2.99. The number of aryl methyl sites for hydroxylation is 1. The van der Waals surface area contributed by atoms with Crippen LogP contribution in [-0.4, -0.2) is 12.5 Å². The molecule has 0 atom stereocenters. The number of fused-ring (bicyclic) bond motifs is 1. The first-order chi connectivity index (χ1) is 11.9. The maximum absolute atomic E-state index is 12.7. The predicted octanol–water partition coefficient (Wildman–Crippen LogP) is 3.41. The summed E-state index contributed by atoms with van der Waals surface area (Å²) in [6.45, 7) is 1.37. The zero-order valence-corrected chi connectivity index (χ0v) is 14.0. The Balaban J connectivity index is 1.98. The molecule has 0 fully saturated rings. The molecule has 1 aromatic heterocycles. The van der Waals surface area contributed by atoms with E-state index in [1.165, 1.54) is 6.07 Å². The Bertz CT molecular complexity index is 995. The standard InChI is InChI=1S/C18H14ClNO5/c1-10-18(25-12-4-2-11(19)3-5-12)17(22)14-7-6-13(8-15(14)24-10)23-9-16(20)21/h2-8H,9H2,1H3,(H2,20,21). The van der Waals surface area contributed by atoms with Gasteiger partial charge in [0.2, 0.25) is 11.2 Å². The number of carbonyl (C=O) groups excluding carboxylic acids is 1. The fraction of sp³-hybridized carbons (Fsp3) is 0.111. The molecule has 0 radical (unpaired) electrons. The second-order valence-corrected chi connectivity index (χ2v) is 5.72. The van der Waals surface area contributed by atoms with E-state index in [0.29, 0.717) is 33.3 Å². The van der Waals surface area contributed by atoms with E-state index in [1.54, 1.807) is 43.3 Å². The summed E-state index contributed by atoms with van der Waals surface area (Å²) in [6, 6.07) is 11.3. The fourth-order valence-electron chi connectivity index (χ4n) is 2.25. The van der Waals surface area contributed by atoms with Crippen LogP contribution in [-0.2, 0) is 4.79 Å². The van der Waals surface area contributed by atoms with Crippen molar-refractivity contribution in [1.82, 2.24) is 0 Å². The second kappa shape index (κ2) is 6.86. The molecule has 2 aromatic carbocycles. The third-order valence-electron chi connectivity index (χ3n) is 3.40. The zero-order valence-electron chi connectivity index (χ0n) is 13.2. The van der Waals surface area contributed by atoms with Crippen LogP contribution < -0.4 is 20.6 Å². The van der Waals surface area contributed by atoms with Gasteiger partial charge in [0.25, 0.3) is 5.91 Å². The van der Waals surface area contributed by atoms with Crippen molar-refractivity contribution in [2.75, 3.05) is 6.61 Å². The molecular weight excluding hydrogens is 346 g/mol. The summed E-state index contributed by atoms with van der Waals surface area (Å²) >= 11 is 5.84. The molecule has 2 N–H and O–H groups in total. The zero-order chi connectivity index (χ0) is 18.0. The number of hydrogen-bond acceptors (Lipinski definition) is 5. The van der Waals surface area contributed by atoms with Crippen molar-refractivity contribution in [1.29, 1.82) is 0 Å². The largest absolute Gasteiger partial charge is 0.484 e. The Morgan fingerprint density at radius 2 is 1.84 bits per heavy atom. The van der Waals surface area contributed by atoms with Gasteiger partial charge in [0.15, 0.2) is 6.61 Å². The number of rotatable bonds is 5. The highest BCUT2D eigenvalue weighted by molar-refractivity contribution is 6.30. The molecule has 0 unspecified atom stereocenters. The third kappa shape index (κ3) is 3.75. The van der Waals surface area contributed by atoms with Gasteiger partial charge in [-0.15, -0.1) is 0 Å². The smallest absolute Gasteiger partial charge is 0.255 e. The normalized spacial score (nSPS) is 10.6. The van der Waals surface area contributed by atoms with Crippen molar-refractivity contribution < 1.29 is 18.7 Å². The van der Waals surface area contributed by atoms with Gasteiger partial charge >= 0.3 is 0 Å². The number of hydrogen-bond donors (Lipinski definition) is 1. The van der Waals surface area contributed by atoms with Crippen molar-refractivity contribution in [3.63, 3.8) is 0 Å². The molecule has 0 spiro atoms. The van der Waals surface area contributed by atoms with Crippen molar-refractivity contribution in [3.05, 3.63) is 63.5 Å². The number of benzene rings is 2. The molecule has 1 amide bonds. The van der Waals surface area contributed by atoms with Crippen molar-refractivity contribution in [3.8, 4) is 17.2 Å². The fourth-order valence-corrected chi connectivity index (χ4v) is 2.38. The molecule has 3 aromatic rings. The lowest BCUT2D eigenvalue weighted by molar-refractivity contribution is -0.119. The maximum atomic E-state index is 12.7. The van der Waals surface area contributed by atoms with Crippen LogP contribution in [0, 0.1) is 6.92 Å². The summed E-state index contributed by atoms with van der Waals surface area (Å²) in [5.41, 5.74) is 5.06. The number of carbonyl (C=O) groups is 1. The van der Waals surface area contributed by atoms with E-state index in [0.717, 1.165) is 0 Å². The first kappa shape index (κ1) is 16.9. The average Bonchev–Trinajstić information content (AvgIpc) is 2.58. The van der Waals surface area contributed by atoms with E-state index in [-0.39, 0.29) is 17.8 Å². The molecule has 3 rings (SSSR count). The number of ether oxygens (including phenoxy) is 2. The molecule has 128 valence electrons. The molecule has 0 bridgehead atoms. The number of primary amides is 1. The van der Waals surface area contributed by atoms with Crippen LogP contribution in [0.3, 0.4) is 0 Å². The Morgan fingerprint density at radius 1 is 1.16 bits per heavy atom. The summed E-state index contributed by atoms with van der Waals surface area (Å²) in [5, 5.41) is 0.902. The van der Waals surface area contributed by atoms with Gasteiger partial charge in [-0.1, -0.05) is 11.6 Å². The molecule has 0 aliphatic carbocycles. The molecule has 7 heteroatoms. The second-order valence-electron chi connectivity index (χ2n) is 5.29. The van der Waals surface area contributed by atoms with Crippen LogP contribution in [0.15, 0.2) is 51.7 Å². The van der Waals surface area contributed by atoms with E-state index in [2.05, 4.69) is 0 Å². The Morgan fingerprint density at radius 3 is 2.52 bits per heavy atom. The van der Waals surface area contributed by atoms with E-state index < -0.39 is 5.91 Å². The SMILES string of the molecule is Cc1oc2cc(OCC(N)=O)ccc2c(=O)c1Oc1ccc(Cl)cc1. The lowest BCUT2D eigenvalue weighted by Crippen LogP contribution is -2.20. The van der Waals surface area contributed by atoms with Crippen molar-refractivity contribution in [2.24, 2.45) is 5.73 Å². The third-order valence-corrected chi connectivity index (χ3v) is 3.65. The first-order valence-corrected chi connectivity index (χ1v) is 7.74. The van der Waals surface area contributed by atoms with Gasteiger partial charge in [-0.2, -0.15) is 0 Å². The molecule has 0 aliphatic heterocycles. The van der Waals surface area contributed by atoms with E-state index in [9.17, 15) is 9.59 Å². The highest BCUT2D eigenvalue weighted by atomic mass is 35.5. The topological polar surface area (TPSA) is 91.8 Å². The highest BCUT2D eigenvalue weighted by Gasteiger charge is 2.14. The van der Waals surface area contributed by atoms with Crippen LogP contribution in [0.4, 0.5) is 0 Å². The highest BCUT2D eigenvalue weighted by Crippen LogP contribution is 2.27. The van der Waals surface area contributed by atoms with Gasteiger partial charge in [0.05, 0.1) is 5.39 Å². The minimum atomic E-state index is -0.593. The van der Waals surface area contributed by atoms with E-state index in [4.69, 9.17) is 31.2 Å². The van der Waals surface area contributed by atoms with E-state index >= 15 is 0 Å². The van der Waals surface area contributed by atoms with Crippen molar-refractivity contribution in [2.45, 2.75) is 6.92 Å². The summed E-state index contributed by atoms with van der Waals surface area (Å²) in [6.07, 6.45) is 0. The van der Waals surface area contributed by atoms with E-state index in [1.807, 2.05) is 0 Å². The summed E-state index contributed by atoms with van der Waals surface area (Å²) in [7, 11) is 0. The molecule has 0 saturated heterocycles. The maximum Gasteiger partial charge on any atom is 0.255 e. The van der Waals surface area contributed by atoms with Gasteiger partial charge in [-0.05, 0) is 43.3 Å². The number of amides is 1. The minimum absolute atomic E-state index is 0.0978. The lowest BCUT2D eigenvalue weighted by Gasteiger charge is -2.10. The first-order valence-electron chi connectivity index (χ1n) is 7.36. The van der Waals surface area contributed by atoms with Crippen LogP contribution in [0.2, 0.25) is 5.02 Å². The number of halogens is 1. The van der Waals surface area contributed by atoms with Crippen LogP contribution in [0.5, 0.6) is 17.2 Å².